The Morgan fingerprint density at radius 1 is 1.00 bits per heavy atom. The normalized spacial score (nSPS) is 10.9. The summed E-state index contributed by atoms with van der Waals surface area (Å²) in [6.07, 6.45) is 0. The maximum atomic E-state index is 11.0. The molecule has 28 heavy (non-hydrogen) atoms. The summed E-state index contributed by atoms with van der Waals surface area (Å²) in [5.74, 6) is -0.0326. The molecule has 0 spiro atoms. The Bertz CT molecular complexity index is 1120. The number of rotatable bonds is 6. The number of carbonyl (C=O) groups is 1. The summed E-state index contributed by atoms with van der Waals surface area (Å²) >= 11 is 6.00. The fourth-order valence-electron chi connectivity index (χ4n) is 3.12. The van der Waals surface area contributed by atoms with E-state index in [-0.39, 0.29) is 5.56 Å². The fraction of sp³-hybridized carbons (Fsp3) is 0.0909. The van der Waals surface area contributed by atoms with Crippen LogP contribution >= 0.6 is 11.6 Å². The number of hydrogen-bond acceptors (Lipinski definition) is 3. The van der Waals surface area contributed by atoms with Gasteiger partial charge >= 0.3 is 5.97 Å². The number of anilines is 1. The number of benzene rings is 3. The van der Waals surface area contributed by atoms with Crippen molar-refractivity contribution in [3.8, 4) is 0 Å². The fourth-order valence-corrected chi connectivity index (χ4v) is 3.25. The van der Waals surface area contributed by atoms with Crippen LogP contribution in [0.15, 0.2) is 72.8 Å². The first kappa shape index (κ1) is 18.1. The van der Waals surface area contributed by atoms with Crippen LogP contribution in [-0.4, -0.2) is 20.6 Å². The lowest BCUT2D eigenvalue weighted by Crippen LogP contribution is -2.10. The van der Waals surface area contributed by atoms with Gasteiger partial charge in [-0.15, -0.1) is 0 Å². The Morgan fingerprint density at radius 3 is 2.43 bits per heavy atom. The monoisotopic (exact) mass is 391 g/mol. The van der Waals surface area contributed by atoms with Crippen molar-refractivity contribution in [3.05, 3.63) is 94.8 Å². The number of halogens is 1. The second-order valence-corrected chi connectivity index (χ2v) is 6.90. The highest BCUT2D eigenvalue weighted by Gasteiger charge is 2.11. The van der Waals surface area contributed by atoms with Gasteiger partial charge in [0.15, 0.2) is 0 Å². The van der Waals surface area contributed by atoms with Crippen molar-refractivity contribution in [1.82, 2.24) is 9.55 Å². The van der Waals surface area contributed by atoms with Gasteiger partial charge in [-0.2, -0.15) is 0 Å². The average molecular weight is 392 g/mol. The summed E-state index contributed by atoms with van der Waals surface area (Å²) in [4.78, 5) is 15.8. The predicted molar refractivity (Wildman–Crippen MR) is 111 cm³/mol. The van der Waals surface area contributed by atoms with Crippen LogP contribution in [0.3, 0.4) is 0 Å². The summed E-state index contributed by atoms with van der Waals surface area (Å²) in [6, 6.07) is 22.5. The molecule has 0 aliphatic rings. The Balaban J connectivity index is 1.60. The predicted octanol–water partition coefficient (Wildman–Crippen LogP) is 5.05. The number of nitrogens with one attached hydrogen (secondary N) is 1. The third-order valence-corrected chi connectivity index (χ3v) is 4.82. The molecule has 0 fully saturated rings. The van der Waals surface area contributed by atoms with Gasteiger partial charge in [-0.25, -0.2) is 9.78 Å². The van der Waals surface area contributed by atoms with Gasteiger partial charge in [0.05, 0.1) is 23.1 Å². The topological polar surface area (TPSA) is 67.2 Å². The molecule has 0 saturated heterocycles. The van der Waals surface area contributed by atoms with E-state index >= 15 is 0 Å². The molecule has 4 aromatic rings. The highest BCUT2D eigenvalue weighted by atomic mass is 35.5. The van der Waals surface area contributed by atoms with E-state index in [9.17, 15) is 4.79 Å². The lowest BCUT2D eigenvalue weighted by Gasteiger charge is -2.11. The summed E-state index contributed by atoms with van der Waals surface area (Å²) in [5, 5.41) is 13.1. The second kappa shape index (κ2) is 7.74. The largest absolute Gasteiger partial charge is 0.478 e. The smallest absolute Gasteiger partial charge is 0.335 e. The van der Waals surface area contributed by atoms with E-state index in [1.54, 1.807) is 24.3 Å². The molecule has 0 aliphatic carbocycles. The Morgan fingerprint density at radius 2 is 1.71 bits per heavy atom. The Labute approximate surface area is 167 Å². The van der Waals surface area contributed by atoms with E-state index in [0.29, 0.717) is 18.1 Å². The van der Waals surface area contributed by atoms with Crippen LogP contribution in [0.4, 0.5) is 5.69 Å². The maximum Gasteiger partial charge on any atom is 0.335 e. The van der Waals surface area contributed by atoms with Crippen molar-refractivity contribution in [2.24, 2.45) is 0 Å². The zero-order chi connectivity index (χ0) is 19.5. The molecule has 0 unspecified atom stereocenters. The lowest BCUT2D eigenvalue weighted by atomic mass is 10.2. The summed E-state index contributed by atoms with van der Waals surface area (Å²) in [5.41, 5.74) is 4.25. The standard InChI is InChI=1S/C22H18ClN3O2/c23-17-9-5-15(6-10-17)14-26-20-4-2-1-3-19(20)25-21(26)13-24-18-11-7-16(8-12-18)22(27)28/h1-12,24H,13-14H2,(H,27,28). The molecule has 6 heteroatoms. The van der Waals surface area contributed by atoms with Crippen molar-refractivity contribution in [2.75, 3.05) is 5.32 Å². The van der Waals surface area contributed by atoms with Crippen molar-refractivity contribution >= 4 is 34.3 Å². The van der Waals surface area contributed by atoms with E-state index in [2.05, 4.69) is 16.0 Å². The zero-order valence-electron chi connectivity index (χ0n) is 15.0. The number of carboxylic acids is 1. The highest BCUT2D eigenvalue weighted by molar-refractivity contribution is 6.30. The molecular weight excluding hydrogens is 374 g/mol. The second-order valence-electron chi connectivity index (χ2n) is 6.47. The number of carboxylic acid groups (broad SMARTS) is 1. The zero-order valence-corrected chi connectivity index (χ0v) is 15.7. The van der Waals surface area contributed by atoms with Crippen LogP contribution in [0.5, 0.6) is 0 Å². The van der Waals surface area contributed by atoms with Gasteiger partial charge in [0.2, 0.25) is 0 Å². The molecular formula is C22H18ClN3O2. The third kappa shape index (κ3) is 3.85. The molecule has 0 saturated carbocycles. The molecule has 1 aromatic heterocycles. The van der Waals surface area contributed by atoms with Gasteiger partial charge in [0.25, 0.3) is 0 Å². The molecule has 3 aromatic carbocycles. The average Bonchev–Trinajstić information content (AvgIpc) is 3.06. The molecule has 0 aliphatic heterocycles. The Kier molecular flexibility index (Phi) is 5.00. The molecule has 1 heterocycles. The first-order valence-corrected chi connectivity index (χ1v) is 9.24. The summed E-state index contributed by atoms with van der Waals surface area (Å²) in [7, 11) is 0. The molecule has 5 nitrogen and oxygen atoms in total. The summed E-state index contributed by atoms with van der Waals surface area (Å²) in [6.45, 7) is 1.21. The van der Waals surface area contributed by atoms with Gasteiger partial charge < -0.3 is 15.0 Å². The van der Waals surface area contributed by atoms with Crippen LogP contribution in [0, 0.1) is 0 Å². The number of aromatic nitrogens is 2. The number of fused-ring (bicyclic) bond motifs is 1. The van der Waals surface area contributed by atoms with Crippen molar-refractivity contribution < 1.29 is 9.90 Å². The number of para-hydroxylation sites is 2. The Hall–Kier alpha value is -3.31. The van der Waals surface area contributed by atoms with Crippen LogP contribution in [-0.2, 0) is 13.1 Å². The van der Waals surface area contributed by atoms with Gasteiger partial charge in [0, 0.05) is 17.3 Å². The maximum absolute atomic E-state index is 11.0. The first-order chi connectivity index (χ1) is 13.6. The number of aromatic carboxylic acids is 1. The van der Waals surface area contributed by atoms with Crippen LogP contribution in [0.2, 0.25) is 5.02 Å². The highest BCUT2D eigenvalue weighted by Crippen LogP contribution is 2.20. The van der Waals surface area contributed by atoms with E-state index in [1.807, 2.05) is 42.5 Å². The van der Waals surface area contributed by atoms with Crippen LogP contribution in [0.25, 0.3) is 11.0 Å². The minimum atomic E-state index is -0.934. The molecule has 0 atom stereocenters. The molecule has 2 N–H and O–H groups in total. The SMILES string of the molecule is O=C(O)c1ccc(NCc2nc3ccccc3n2Cc2ccc(Cl)cc2)cc1. The lowest BCUT2D eigenvalue weighted by molar-refractivity contribution is 0.0697. The van der Waals surface area contributed by atoms with Crippen molar-refractivity contribution in [2.45, 2.75) is 13.1 Å². The van der Waals surface area contributed by atoms with E-state index in [0.717, 1.165) is 28.1 Å². The van der Waals surface area contributed by atoms with Gasteiger partial charge in [-0.05, 0) is 54.1 Å². The van der Waals surface area contributed by atoms with Gasteiger partial charge in [0.1, 0.15) is 5.82 Å². The molecule has 4 rings (SSSR count). The number of imidazole rings is 1. The first-order valence-electron chi connectivity index (χ1n) is 8.86. The quantitative estimate of drug-likeness (QED) is 0.482. The number of hydrogen-bond donors (Lipinski definition) is 2. The molecule has 0 amide bonds. The molecule has 0 bridgehead atoms. The van der Waals surface area contributed by atoms with E-state index in [4.69, 9.17) is 21.7 Å². The van der Waals surface area contributed by atoms with Crippen molar-refractivity contribution in [1.29, 1.82) is 0 Å². The molecule has 140 valence electrons. The number of nitrogens with zero attached hydrogens (tertiary/aromatic N) is 2. The summed E-state index contributed by atoms with van der Waals surface area (Å²) < 4.78 is 2.18. The third-order valence-electron chi connectivity index (χ3n) is 4.57. The van der Waals surface area contributed by atoms with Gasteiger partial charge in [-0.1, -0.05) is 35.9 Å². The minimum absolute atomic E-state index is 0.264. The van der Waals surface area contributed by atoms with Gasteiger partial charge in [-0.3, -0.25) is 0 Å². The molecule has 0 radical (unpaired) electrons. The van der Waals surface area contributed by atoms with E-state index < -0.39 is 5.97 Å². The van der Waals surface area contributed by atoms with E-state index in [1.165, 1.54) is 0 Å². The van der Waals surface area contributed by atoms with Crippen LogP contribution in [0.1, 0.15) is 21.7 Å². The van der Waals surface area contributed by atoms with Crippen molar-refractivity contribution in [3.63, 3.8) is 0 Å². The minimum Gasteiger partial charge on any atom is -0.478 e. The van der Waals surface area contributed by atoms with Crippen LogP contribution < -0.4 is 5.32 Å².